The van der Waals surface area contributed by atoms with Gasteiger partial charge < -0.3 is 18.9 Å². The SMILES string of the molecule is COC(=O)[C@@H](C)[C@@H]1CCc2cc(OC)ccc21.COC(=O)[C@H](C)[C@H]1CCc2cc(OC)ccc21. The molecule has 4 atom stereocenters. The lowest BCUT2D eigenvalue weighted by Crippen LogP contribution is -2.19. The quantitative estimate of drug-likeness (QED) is 0.552. The van der Waals surface area contributed by atoms with Crippen molar-refractivity contribution in [3.8, 4) is 11.5 Å². The van der Waals surface area contributed by atoms with E-state index in [1.807, 2.05) is 26.0 Å². The van der Waals surface area contributed by atoms with Gasteiger partial charge in [0.2, 0.25) is 0 Å². The minimum atomic E-state index is -0.126. The summed E-state index contributed by atoms with van der Waals surface area (Å²) in [7, 11) is 6.24. The number of benzene rings is 2. The first-order valence-corrected chi connectivity index (χ1v) is 11.8. The van der Waals surface area contributed by atoms with Crippen LogP contribution in [0.15, 0.2) is 36.4 Å². The van der Waals surface area contributed by atoms with Gasteiger partial charge in [-0.25, -0.2) is 0 Å². The molecule has 0 spiro atoms. The summed E-state index contributed by atoms with van der Waals surface area (Å²) in [6.07, 6.45) is 4.05. The van der Waals surface area contributed by atoms with E-state index in [1.165, 1.54) is 36.5 Å². The molecule has 0 aliphatic heterocycles. The minimum absolute atomic E-state index is 0.0744. The third-order valence-electron chi connectivity index (χ3n) is 7.30. The standard InChI is InChI=1S/2C14H18O3/c2*1-9(14(15)17-3)12-6-4-10-8-11(16-2)5-7-13(10)12/h2*5,7-9,12H,4,6H2,1-3H3/t2*9-,12-/m10/s1. The Morgan fingerprint density at radius 1 is 0.706 bits per heavy atom. The Kier molecular flexibility index (Phi) is 8.59. The van der Waals surface area contributed by atoms with Gasteiger partial charge in [-0.2, -0.15) is 0 Å². The van der Waals surface area contributed by atoms with Crippen LogP contribution >= 0.6 is 0 Å². The second-order valence-electron chi connectivity index (χ2n) is 9.04. The highest BCUT2D eigenvalue weighted by atomic mass is 16.5. The third-order valence-corrected chi connectivity index (χ3v) is 7.30. The first-order chi connectivity index (χ1) is 16.3. The molecule has 0 heterocycles. The fourth-order valence-electron chi connectivity index (χ4n) is 5.25. The molecule has 0 saturated carbocycles. The molecule has 0 bridgehead atoms. The molecule has 0 saturated heterocycles. The van der Waals surface area contributed by atoms with E-state index in [2.05, 4.69) is 24.3 Å². The van der Waals surface area contributed by atoms with Gasteiger partial charge >= 0.3 is 11.9 Å². The van der Waals surface area contributed by atoms with Crippen LogP contribution in [0.5, 0.6) is 11.5 Å². The Bertz CT molecular complexity index is 932. The molecule has 2 aliphatic carbocycles. The van der Waals surface area contributed by atoms with Crippen molar-refractivity contribution in [1.82, 2.24) is 0 Å². The van der Waals surface area contributed by atoms with Crippen molar-refractivity contribution < 1.29 is 28.5 Å². The number of carbonyl (C=O) groups excluding carboxylic acids is 2. The molecule has 4 rings (SSSR count). The smallest absolute Gasteiger partial charge is 0.308 e. The van der Waals surface area contributed by atoms with E-state index in [1.54, 1.807) is 14.2 Å². The van der Waals surface area contributed by atoms with E-state index in [0.717, 1.165) is 37.2 Å². The summed E-state index contributed by atoms with van der Waals surface area (Å²) < 4.78 is 20.1. The van der Waals surface area contributed by atoms with E-state index in [-0.39, 0.29) is 35.6 Å². The molecule has 34 heavy (non-hydrogen) atoms. The van der Waals surface area contributed by atoms with Gasteiger partial charge in [-0.3, -0.25) is 9.59 Å². The topological polar surface area (TPSA) is 71.1 Å². The Morgan fingerprint density at radius 2 is 1.09 bits per heavy atom. The van der Waals surface area contributed by atoms with Crippen molar-refractivity contribution in [3.05, 3.63) is 58.7 Å². The van der Waals surface area contributed by atoms with Crippen molar-refractivity contribution in [2.24, 2.45) is 11.8 Å². The predicted molar refractivity (Wildman–Crippen MR) is 130 cm³/mol. The Hall–Kier alpha value is -3.02. The van der Waals surface area contributed by atoms with Crippen molar-refractivity contribution >= 4 is 11.9 Å². The molecule has 2 aromatic rings. The van der Waals surface area contributed by atoms with Gasteiger partial charge in [0, 0.05) is 0 Å². The Morgan fingerprint density at radius 3 is 1.41 bits per heavy atom. The van der Waals surface area contributed by atoms with E-state index >= 15 is 0 Å². The highest BCUT2D eigenvalue weighted by Crippen LogP contribution is 2.41. The van der Waals surface area contributed by atoms with Gasteiger partial charge in [0.15, 0.2) is 0 Å². The number of hydrogen-bond acceptors (Lipinski definition) is 6. The summed E-state index contributed by atoms with van der Waals surface area (Å²) in [6.45, 7) is 3.88. The first-order valence-electron chi connectivity index (χ1n) is 11.8. The van der Waals surface area contributed by atoms with Crippen LogP contribution in [0.4, 0.5) is 0 Å². The van der Waals surface area contributed by atoms with Crippen molar-refractivity contribution in [2.75, 3.05) is 28.4 Å². The molecular weight excluding hydrogens is 432 g/mol. The van der Waals surface area contributed by atoms with E-state index in [4.69, 9.17) is 18.9 Å². The summed E-state index contributed by atoms with van der Waals surface area (Å²) in [5.41, 5.74) is 5.13. The van der Waals surface area contributed by atoms with Crippen LogP contribution in [-0.2, 0) is 31.9 Å². The molecular formula is C28H36O6. The summed E-state index contributed by atoms with van der Waals surface area (Å²) in [5.74, 6) is 1.93. The number of carbonyl (C=O) groups is 2. The summed E-state index contributed by atoms with van der Waals surface area (Å²) in [4.78, 5) is 23.2. The number of methoxy groups -OCH3 is 4. The highest BCUT2D eigenvalue weighted by Gasteiger charge is 2.33. The predicted octanol–water partition coefficient (Wildman–Crippen LogP) is 5.07. The van der Waals surface area contributed by atoms with E-state index in [9.17, 15) is 9.59 Å². The maximum atomic E-state index is 11.6. The zero-order valence-electron chi connectivity index (χ0n) is 21.1. The average Bonchev–Trinajstić information content (AvgIpc) is 3.50. The molecule has 6 heteroatoms. The highest BCUT2D eigenvalue weighted by molar-refractivity contribution is 5.74. The molecule has 0 amide bonds. The molecule has 184 valence electrons. The van der Waals surface area contributed by atoms with Crippen LogP contribution in [0, 0.1) is 11.8 Å². The van der Waals surface area contributed by atoms with Gasteiger partial charge in [-0.05, 0) is 84.0 Å². The maximum absolute atomic E-state index is 11.6. The van der Waals surface area contributed by atoms with Gasteiger partial charge in [-0.1, -0.05) is 26.0 Å². The third kappa shape index (κ3) is 5.37. The fourth-order valence-corrected chi connectivity index (χ4v) is 5.25. The zero-order valence-corrected chi connectivity index (χ0v) is 21.1. The Labute approximate surface area is 202 Å². The largest absolute Gasteiger partial charge is 0.497 e. The van der Waals surface area contributed by atoms with Gasteiger partial charge in [-0.15, -0.1) is 0 Å². The number of aryl methyl sites for hydroxylation is 2. The van der Waals surface area contributed by atoms with Crippen molar-refractivity contribution in [1.29, 1.82) is 0 Å². The molecule has 6 nitrogen and oxygen atoms in total. The van der Waals surface area contributed by atoms with E-state index < -0.39 is 0 Å². The van der Waals surface area contributed by atoms with Crippen molar-refractivity contribution in [2.45, 2.75) is 51.4 Å². The number of rotatable bonds is 6. The van der Waals surface area contributed by atoms with Crippen molar-refractivity contribution in [3.63, 3.8) is 0 Å². The average molecular weight is 469 g/mol. The lowest BCUT2D eigenvalue weighted by molar-refractivity contribution is -0.146. The van der Waals surface area contributed by atoms with Crippen LogP contribution in [0.3, 0.4) is 0 Å². The van der Waals surface area contributed by atoms with Crippen LogP contribution in [0.25, 0.3) is 0 Å². The molecule has 2 aromatic carbocycles. The maximum Gasteiger partial charge on any atom is 0.308 e. The van der Waals surface area contributed by atoms with E-state index in [0.29, 0.717) is 0 Å². The summed E-state index contributed by atoms with van der Waals surface area (Å²) in [6, 6.07) is 12.2. The lowest BCUT2D eigenvalue weighted by atomic mass is 9.89. The zero-order chi connectivity index (χ0) is 24.8. The summed E-state index contributed by atoms with van der Waals surface area (Å²) in [5, 5.41) is 0. The Balaban J connectivity index is 0.000000191. The molecule has 0 N–H and O–H groups in total. The summed E-state index contributed by atoms with van der Waals surface area (Å²) >= 11 is 0. The van der Waals surface area contributed by atoms with Crippen LogP contribution in [0.2, 0.25) is 0 Å². The van der Waals surface area contributed by atoms with Crippen LogP contribution in [-0.4, -0.2) is 40.4 Å². The molecule has 0 radical (unpaired) electrons. The van der Waals surface area contributed by atoms with Crippen LogP contribution in [0.1, 0.15) is 60.8 Å². The monoisotopic (exact) mass is 468 g/mol. The van der Waals surface area contributed by atoms with Gasteiger partial charge in [0.25, 0.3) is 0 Å². The lowest BCUT2D eigenvalue weighted by Gasteiger charge is -2.18. The fraction of sp³-hybridized carbons (Fsp3) is 0.500. The normalized spacial score (nSPS) is 19.6. The minimum Gasteiger partial charge on any atom is -0.497 e. The molecule has 0 fully saturated rings. The number of fused-ring (bicyclic) bond motifs is 2. The number of hydrogen-bond donors (Lipinski definition) is 0. The number of ether oxygens (including phenoxy) is 4. The molecule has 2 aliphatic rings. The first kappa shape index (κ1) is 25.6. The second kappa shape index (κ2) is 11.4. The molecule has 0 unspecified atom stereocenters. The van der Waals surface area contributed by atoms with Crippen LogP contribution < -0.4 is 9.47 Å². The molecule has 0 aromatic heterocycles. The van der Waals surface area contributed by atoms with Gasteiger partial charge in [0.05, 0.1) is 40.3 Å². The second-order valence-corrected chi connectivity index (χ2v) is 9.04. The number of esters is 2. The van der Waals surface area contributed by atoms with Gasteiger partial charge in [0.1, 0.15) is 11.5 Å².